The van der Waals surface area contributed by atoms with Crippen molar-refractivity contribution in [1.29, 1.82) is 0 Å². The monoisotopic (exact) mass is 645 g/mol. The number of amides is 1. The number of benzene rings is 2. The van der Waals surface area contributed by atoms with Crippen LogP contribution in [0.4, 0.5) is 4.39 Å². The molecule has 0 aliphatic carbocycles. The van der Waals surface area contributed by atoms with E-state index in [0.29, 0.717) is 67.3 Å². The summed E-state index contributed by atoms with van der Waals surface area (Å²) in [6, 6.07) is 9.77. The van der Waals surface area contributed by atoms with Gasteiger partial charge in [-0.2, -0.15) is 4.31 Å². The molecule has 0 aromatic heterocycles. The van der Waals surface area contributed by atoms with Crippen molar-refractivity contribution in [2.45, 2.75) is 75.3 Å². The van der Waals surface area contributed by atoms with E-state index in [-0.39, 0.29) is 31.0 Å². The molecule has 11 heteroatoms. The van der Waals surface area contributed by atoms with Gasteiger partial charge in [0.15, 0.2) is 0 Å². The second-order valence-corrected chi connectivity index (χ2v) is 14.5. The molecule has 0 unspecified atom stereocenters. The van der Waals surface area contributed by atoms with Crippen LogP contribution in [0.1, 0.15) is 61.6 Å². The number of methoxy groups -OCH3 is 1. The van der Waals surface area contributed by atoms with E-state index < -0.39 is 15.6 Å². The van der Waals surface area contributed by atoms with Crippen LogP contribution in [0.3, 0.4) is 0 Å². The summed E-state index contributed by atoms with van der Waals surface area (Å²) in [7, 11) is -2.20. The lowest BCUT2D eigenvalue weighted by Crippen LogP contribution is -2.49. The minimum Gasteiger partial charge on any atom is -0.497 e. The highest BCUT2D eigenvalue weighted by Crippen LogP contribution is 2.37. The number of nitrogens with zero attached hydrogens (tertiary/aromatic N) is 3. The highest BCUT2D eigenvalue weighted by atomic mass is 32.2. The van der Waals surface area contributed by atoms with Crippen LogP contribution in [-0.4, -0.2) is 101 Å². The molecule has 3 saturated heterocycles. The van der Waals surface area contributed by atoms with Crippen LogP contribution in [-0.2, 0) is 29.9 Å². The predicted molar refractivity (Wildman–Crippen MR) is 170 cm³/mol. The largest absolute Gasteiger partial charge is 0.497 e. The summed E-state index contributed by atoms with van der Waals surface area (Å²) < 4.78 is 61.2. The zero-order valence-corrected chi connectivity index (χ0v) is 27.7. The second-order valence-electron chi connectivity index (χ2n) is 12.7. The van der Waals surface area contributed by atoms with Crippen LogP contribution in [0.15, 0.2) is 41.3 Å². The molecule has 2 aromatic carbocycles. The number of hydrogen-bond acceptors (Lipinski definition) is 7. The number of likely N-dealkylation sites (tertiary alicyclic amines) is 2. The van der Waals surface area contributed by atoms with Gasteiger partial charge < -0.3 is 24.0 Å². The first-order valence-corrected chi connectivity index (χ1v) is 17.7. The standard InChI is InChI=1S/C34H48FN3O6S/c1-26-21-31(42-3)22-27(2)33(26)45(40,41)38-16-5-4-11-30(38)24-43-25-32(39)37-17-12-34(13-18-37,28-9-8-10-29(35)23-28)44-20-19-36-14-6-7-15-36/h8-10,21-23,30H,4-7,11-20,24-25H2,1-3H3/t30-/m0/s1. The van der Waals surface area contributed by atoms with E-state index in [1.165, 1.54) is 18.9 Å². The number of piperidine rings is 2. The van der Waals surface area contributed by atoms with Crippen LogP contribution in [0.2, 0.25) is 0 Å². The van der Waals surface area contributed by atoms with Crippen molar-refractivity contribution in [1.82, 2.24) is 14.1 Å². The molecule has 3 heterocycles. The van der Waals surface area contributed by atoms with Crippen molar-refractivity contribution in [3.63, 3.8) is 0 Å². The maximum atomic E-state index is 14.2. The molecule has 5 rings (SSSR count). The smallest absolute Gasteiger partial charge is 0.248 e. The second kappa shape index (κ2) is 14.9. The van der Waals surface area contributed by atoms with Crippen LogP contribution < -0.4 is 4.74 Å². The molecule has 2 aromatic rings. The molecular weight excluding hydrogens is 597 g/mol. The van der Waals surface area contributed by atoms with Gasteiger partial charge in [0.2, 0.25) is 15.9 Å². The van der Waals surface area contributed by atoms with Gasteiger partial charge in [0.1, 0.15) is 18.2 Å². The van der Waals surface area contributed by atoms with Gasteiger partial charge in [-0.1, -0.05) is 18.6 Å². The van der Waals surface area contributed by atoms with Crippen LogP contribution in [0, 0.1) is 19.7 Å². The van der Waals surface area contributed by atoms with E-state index in [1.807, 2.05) is 6.07 Å². The maximum Gasteiger partial charge on any atom is 0.248 e. The Hall–Kier alpha value is -2.57. The van der Waals surface area contributed by atoms with Gasteiger partial charge in [0.05, 0.1) is 30.8 Å². The Labute approximate surface area is 267 Å². The van der Waals surface area contributed by atoms with Crippen molar-refractivity contribution >= 4 is 15.9 Å². The number of carbonyl (C=O) groups excluding carboxylic acids is 1. The molecule has 3 aliphatic rings. The Morgan fingerprint density at radius 1 is 0.978 bits per heavy atom. The van der Waals surface area contributed by atoms with Gasteiger partial charge in [-0.25, -0.2) is 12.8 Å². The third-order valence-electron chi connectivity index (χ3n) is 9.60. The number of sulfonamides is 1. The van der Waals surface area contributed by atoms with Gasteiger partial charge in [-0.05, 0) is 106 Å². The molecule has 45 heavy (non-hydrogen) atoms. The number of carbonyl (C=O) groups is 1. The first-order chi connectivity index (χ1) is 21.6. The van der Waals surface area contributed by atoms with Crippen molar-refractivity contribution < 1.29 is 31.8 Å². The van der Waals surface area contributed by atoms with E-state index in [1.54, 1.807) is 54.4 Å². The Balaban J connectivity index is 1.18. The molecule has 1 atom stereocenters. The Kier molecular flexibility index (Phi) is 11.2. The Morgan fingerprint density at radius 2 is 1.67 bits per heavy atom. The first-order valence-electron chi connectivity index (χ1n) is 16.3. The summed E-state index contributed by atoms with van der Waals surface area (Å²) in [5.74, 6) is 0.200. The molecule has 9 nitrogen and oxygen atoms in total. The van der Waals surface area contributed by atoms with Crippen LogP contribution >= 0.6 is 0 Å². The van der Waals surface area contributed by atoms with Crippen molar-refractivity contribution in [3.8, 4) is 5.75 Å². The number of halogens is 1. The van der Waals surface area contributed by atoms with Crippen molar-refractivity contribution in [3.05, 3.63) is 58.9 Å². The molecule has 1 amide bonds. The van der Waals surface area contributed by atoms with E-state index in [9.17, 15) is 17.6 Å². The minimum absolute atomic E-state index is 0.117. The first kappa shape index (κ1) is 33.8. The average Bonchev–Trinajstić information content (AvgIpc) is 3.54. The predicted octanol–water partition coefficient (Wildman–Crippen LogP) is 4.64. The summed E-state index contributed by atoms with van der Waals surface area (Å²) in [6.07, 6.45) is 5.92. The highest BCUT2D eigenvalue weighted by Gasteiger charge is 2.39. The lowest BCUT2D eigenvalue weighted by Gasteiger charge is -2.42. The SMILES string of the molecule is COc1cc(C)c(S(=O)(=O)N2CCCC[C@H]2COCC(=O)N2CCC(OCCN3CCCC3)(c3cccc(F)c3)CC2)c(C)c1. The zero-order valence-electron chi connectivity index (χ0n) is 26.9. The summed E-state index contributed by atoms with van der Waals surface area (Å²) >= 11 is 0. The topological polar surface area (TPSA) is 88.6 Å². The van der Waals surface area contributed by atoms with E-state index >= 15 is 0 Å². The quantitative estimate of drug-likeness (QED) is 0.332. The molecule has 0 spiro atoms. The fourth-order valence-electron chi connectivity index (χ4n) is 7.17. The molecule has 0 bridgehead atoms. The molecule has 0 saturated carbocycles. The molecule has 0 radical (unpaired) electrons. The van der Waals surface area contributed by atoms with Gasteiger partial charge in [-0.15, -0.1) is 0 Å². The normalized spacial score (nSPS) is 21.2. The third-order valence-corrected chi connectivity index (χ3v) is 11.9. The van der Waals surface area contributed by atoms with E-state index in [4.69, 9.17) is 14.2 Å². The Morgan fingerprint density at radius 3 is 2.33 bits per heavy atom. The molecular formula is C34H48FN3O6S. The van der Waals surface area contributed by atoms with Gasteiger partial charge in [0, 0.05) is 32.2 Å². The zero-order chi connectivity index (χ0) is 32.0. The molecule has 3 fully saturated rings. The van der Waals surface area contributed by atoms with Gasteiger partial charge in [-0.3, -0.25) is 4.79 Å². The Bertz CT molecular complexity index is 1400. The average molecular weight is 646 g/mol. The molecule has 248 valence electrons. The maximum absolute atomic E-state index is 14.2. The summed E-state index contributed by atoms with van der Waals surface area (Å²) in [5, 5.41) is 0. The number of rotatable bonds is 12. The van der Waals surface area contributed by atoms with Crippen molar-refractivity contribution in [2.75, 3.05) is 66.2 Å². The van der Waals surface area contributed by atoms with Gasteiger partial charge >= 0.3 is 0 Å². The van der Waals surface area contributed by atoms with E-state index in [2.05, 4.69) is 4.90 Å². The minimum atomic E-state index is -3.77. The highest BCUT2D eigenvalue weighted by molar-refractivity contribution is 7.89. The van der Waals surface area contributed by atoms with Gasteiger partial charge in [0.25, 0.3) is 0 Å². The fourth-order valence-corrected chi connectivity index (χ4v) is 9.26. The number of ether oxygens (including phenoxy) is 3. The van der Waals surface area contributed by atoms with Crippen LogP contribution in [0.5, 0.6) is 5.75 Å². The molecule has 0 N–H and O–H groups in total. The lowest BCUT2D eigenvalue weighted by molar-refractivity contribution is -0.145. The third kappa shape index (κ3) is 7.88. The number of aryl methyl sites for hydroxylation is 2. The lowest BCUT2D eigenvalue weighted by atomic mass is 9.84. The van der Waals surface area contributed by atoms with Crippen LogP contribution in [0.25, 0.3) is 0 Å². The summed E-state index contributed by atoms with van der Waals surface area (Å²) in [4.78, 5) is 17.7. The van der Waals surface area contributed by atoms with Crippen molar-refractivity contribution in [2.24, 2.45) is 0 Å². The summed E-state index contributed by atoms with van der Waals surface area (Å²) in [6.45, 7) is 8.56. The summed E-state index contributed by atoms with van der Waals surface area (Å²) in [5.41, 5.74) is 1.46. The van der Waals surface area contributed by atoms with E-state index in [0.717, 1.165) is 38.0 Å². The molecule has 3 aliphatic heterocycles. The number of hydrogen-bond donors (Lipinski definition) is 0. The fraction of sp³-hybridized carbons (Fsp3) is 0.618.